The maximum Gasteiger partial charge on any atom is 0.312 e. The first-order chi connectivity index (χ1) is 17.6. The molecule has 0 spiro atoms. The number of allylic oxidation sites excluding steroid dienone is 2. The molecule has 5 rings (SSSR count). The van der Waals surface area contributed by atoms with Gasteiger partial charge < -0.3 is 14.9 Å². The number of hydrogen-bond acceptors (Lipinski definition) is 4. The maximum absolute atomic E-state index is 13.8. The van der Waals surface area contributed by atoms with Crippen LogP contribution in [0.15, 0.2) is 24.3 Å². The Morgan fingerprint density at radius 1 is 1.00 bits per heavy atom. The van der Waals surface area contributed by atoms with E-state index in [4.69, 9.17) is 4.74 Å². The second kappa shape index (κ2) is 8.93. The molecule has 0 amide bonds. The molecule has 0 aromatic heterocycles. The van der Waals surface area contributed by atoms with Gasteiger partial charge in [0.1, 0.15) is 0 Å². The number of rotatable bonds is 4. The van der Waals surface area contributed by atoms with Gasteiger partial charge in [-0.25, -0.2) is 0 Å². The summed E-state index contributed by atoms with van der Waals surface area (Å²) in [6.45, 7) is 20.8. The Labute approximate surface area is 231 Å². The Morgan fingerprint density at radius 3 is 2.37 bits per heavy atom. The van der Waals surface area contributed by atoms with Crippen LogP contribution in [0.3, 0.4) is 0 Å². The quantitative estimate of drug-likeness (QED) is 0.230. The summed E-state index contributed by atoms with van der Waals surface area (Å²) in [7, 11) is 0. The van der Waals surface area contributed by atoms with Crippen LogP contribution in [0.2, 0.25) is 0 Å². The molecule has 38 heavy (non-hydrogen) atoms. The predicted octanol–water partition coefficient (Wildman–Crippen LogP) is 7.24. The number of ether oxygens (including phenoxy) is 1. The minimum absolute atomic E-state index is 0.0236. The van der Waals surface area contributed by atoms with E-state index in [1.165, 1.54) is 5.57 Å². The van der Waals surface area contributed by atoms with Gasteiger partial charge in [-0.05, 0) is 109 Å². The standard InChI is InChI=1S/C34H54O4/c1-9-10-19-38-28(37)34-17-15-29(2,3)20-23(34)22-11-12-26-31(6)21-24(35)27(36)30(4,5)25(31)13-14-33(26,8)32(22,7)16-18-34/h9,11,23-27,35-36H,1,10,12-21H2,2-8H3/t23-,24+,25-,26+,27-,31-,32+,33+,34-/m0/s1. The molecule has 0 aromatic carbocycles. The number of carbonyl (C=O) groups is 1. The van der Waals surface area contributed by atoms with Crippen LogP contribution >= 0.6 is 0 Å². The van der Waals surface area contributed by atoms with Crippen LogP contribution in [-0.4, -0.2) is 35.0 Å². The van der Waals surface area contributed by atoms with E-state index in [9.17, 15) is 15.0 Å². The molecule has 0 aromatic rings. The summed E-state index contributed by atoms with van der Waals surface area (Å²) in [5.74, 6) is 1.10. The minimum atomic E-state index is -0.671. The van der Waals surface area contributed by atoms with E-state index < -0.39 is 17.6 Å². The molecule has 0 radical (unpaired) electrons. The molecule has 4 heteroatoms. The number of carbonyl (C=O) groups excluding carboxylic acids is 1. The Bertz CT molecular complexity index is 1010. The summed E-state index contributed by atoms with van der Waals surface area (Å²) in [6.07, 6.45) is 12.6. The van der Waals surface area contributed by atoms with Crippen LogP contribution in [0, 0.1) is 50.2 Å². The van der Waals surface area contributed by atoms with Crippen molar-refractivity contribution in [3.05, 3.63) is 24.3 Å². The van der Waals surface area contributed by atoms with Crippen molar-refractivity contribution in [3.8, 4) is 0 Å². The molecule has 0 unspecified atom stereocenters. The van der Waals surface area contributed by atoms with Gasteiger partial charge in [0.15, 0.2) is 0 Å². The smallest absolute Gasteiger partial charge is 0.312 e. The SMILES string of the molecule is C=CCCOC(=O)[C@]12CCC(C)(C)C[C@H]1C1=CC[C@@H]3[C@@]4(C)C[C@@H](O)[C@H](O)C(C)(C)[C@@H]4CC[C@@]3(C)[C@]1(C)CC2. The lowest BCUT2D eigenvalue weighted by molar-refractivity contribution is -0.232. The van der Waals surface area contributed by atoms with Crippen molar-refractivity contribution in [2.75, 3.05) is 6.61 Å². The zero-order valence-corrected chi connectivity index (χ0v) is 25.2. The van der Waals surface area contributed by atoms with Crippen LogP contribution in [0.5, 0.6) is 0 Å². The first-order valence-corrected chi connectivity index (χ1v) is 15.4. The van der Waals surface area contributed by atoms with Gasteiger partial charge in [0.2, 0.25) is 0 Å². The number of fused-ring (bicyclic) bond motifs is 7. The van der Waals surface area contributed by atoms with Crippen molar-refractivity contribution in [1.29, 1.82) is 0 Å². The van der Waals surface area contributed by atoms with Crippen LogP contribution < -0.4 is 0 Å². The molecule has 0 saturated heterocycles. The zero-order chi connectivity index (χ0) is 27.9. The van der Waals surface area contributed by atoms with Gasteiger partial charge in [-0.2, -0.15) is 0 Å². The molecular formula is C34H54O4. The number of esters is 1. The van der Waals surface area contributed by atoms with Gasteiger partial charge in [-0.15, -0.1) is 6.58 Å². The van der Waals surface area contributed by atoms with Crippen molar-refractivity contribution < 1.29 is 19.7 Å². The van der Waals surface area contributed by atoms with Gasteiger partial charge in [-0.1, -0.05) is 66.2 Å². The van der Waals surface area contributed by atoms with Crippen molar-refractivity contribution in [2.45, 2.75) is 125 Å². The van der Waals surface area contributed by atoms with Crippen molar-refractivity contribution in [2.24, 2.45) is 50.2 Å². The van der Waals surface area contributed by atoms with E-state index in [2.05, 4.69) is 61.1 Å². The summed E-state index contributed by atoms with van der Waals surface area (Å²) < 4.78 is 5.94. The van der Waals surface area contributed by atoms with Gasteiger partial charge in [-0.3, -0.25) is 4.79 Å². The Hall–Kier alpha value is -1.13. The van der Waals surface area contributed by atoms with E-state index in [-0.39, 0.29) is 39.0 Å². The molecular weight excluding hydrogens is 472 g/mol. The largest absolute Gasteiger partial charge is 0.465 e. The van der Waals surface area contributed by atoms with Gasteiger partial charge >= 0.3 is 5.97 Å². The lowest BCUT2D eigenvalue weighted by Gasteiger charge is -2.71. The summed E-state index contributed by atoms with van der Waals surface area (Å²) >= 11 is 0. The molecule has 4 saturated carbocycles. The maximum atomic E-state index is 13.8. The molecule has 9 atom stereocenters. The minimum Gasteiger partial charge on any atom is -0.465 e. The topological polar surface area (TPSA) is 66.8 Å². The Balaban J connectivity index is 1.56. The Kier molecular flexibility index (Phi) is 6.68. The normalized spacial score (nSPS) is 48.9. The average molecular weight is 527 g/mol. The number of hydrogen-bond donors (Lipinski definition) is 2. The fraction of sp³-hybridized carbons (Fsp3) is 0.853. The van der Waals surface area contributed by atoms with Crippen molar-refractivity contribution in [3.63, 3.8) is 0 Å². The summed E-state index contributed by atoms with van der Waals surface area (Å²) in [6, 6.07) is 0. The lowest BCUT2D eigenvalue weighted by Crippen LogP contribution is -2.67. The molecule has 4 fully saturated rings. The molecule has 2 N–H and O–H groups in total. The fourth-order valence-electron chi connectivity index (χ4n) is 11.1. The van der Waals surface area contributed by atoms with E-state index in [1.54, 1.807) is 0 Å². The first kappa shape index (κ1) is 28.4. The Morgan fingerprint density at radius 2 is 1.68 bits per heavy atom. The van der Waals surface area contributed by atoms with Crippen LogP contribution in [0.25, 0.3) is 0 Å². The van der Waals surface area contributed by atoms with Gasteiger partial charge in [0.05, 0.1) is 24.2 Å². The molecule has 5 aliphatic rings. The monoisotopic (exact) mass is 526 g/mol. The van der Waals surface area contributed by atoms with E-state index in [0.29, 0.717) is 31.3 Å². The first-order valence-electron chi connectivity index (χ1n) is 15.4. The van der Waals surface area contributed by atoms with E-state index >= 15 is 0 Å². The molecule has 5 aliphatic carbocycles. The van der Waals surface area contributed by atoms with E-state index in [1.807, 2.05) is 6.08 Å². The van der Waals surface area contributed by atoms with Gasteiger partial charge in [0, 0.05) is 0 Å². The van der Waals surface area contributed by atoms with Crippen LogP contribution in [0.4, 0.5) is 0 Å². The summed E-state index contributed by atoms with van der Waals surface area (Å²) in [5.41, 5.74) is 1.14. The zero-order valence-electron chi connectivity index (χ0n) is 25.2. The highest BCUT2D eigenvalue weighted by molar-refractivity contribution is 5.78. The second-order valence-electron chi connectivity index (χ2n) is 16.1. The van der Waals surface area contributed by atoms with Crippen molar-refractivity contribution in [1.82, 2.24) is 0 Å². The highest BCUT2D eigenvalue weighted by Gasteiger charge is 2.70. The molecule has 0 aliphatic heterocycles. The average Bonchev–Trinajstić information content (AvgIpc) is 2.83. The fourth-order valence-corrected chi connectivity index (χ4v) is 11.1. The highest BCUT2D eigenvalue weighted by Crippen LogP contribution is 2.75. The third kappa shape index (κ3) is 3.71. The third-order valence-corrected chi connectivity index (χ3v) is 13.5. The van der Waals surface area contributed by atoms with E-state index in [0.717, 1.165) is 51.4 Å². The second-order valence-corrected chi connectivity index (χ2v) is 16.1. The summed E-state index contributed by atoms with van der Waals surface area (Å²) in [4.78, 5) is 13.8. The number of aliphatic hydroxyl groups excluding tert-OH is 2. The van der Waals surface area contributed by atoms with Crippen LogP contribution in [0.1, 0.15) is 113 Å². The van der Waals surface area contributed by atoms with Gasteiger partial charge in [0.25, 0.3) is 0 Å². The molecule has 0 bridgehead atoms. The molecule has 4 nitrogen and oxygen atoms in total. The lowest BCUT2D eigenvalue weighted by atomic mass is 9.33. The predicted molar refractivity (Wildman–Crippen MR) is 152 cm³/mol. The molecule has 0 heterocycles. The molecule has 214 valence electrons. The highest BCUT2D eigenvalue weighted by atomic mass is 16.5. The third-order valence-electron chi connectivity index (χ3n) is 13.5. The van der Waals surface area contributed by atoms with Crippen LogP contribution in [-0.2, 0) is 9.53 Å². The number of aliphatic hydroxyl groups is 2. The van der Waals surface area contributed by atoms with Crippen molar-refractivity contribution >= 4 is 5.97 Å². The summed E-state index contributed by atoms with van der Waals surface area (Å²) in [5, 5.41) is 22.0.